The molecule has 1 N–H and O–H groups in total. The predicted octanol–water partition coefficient (Wildman–Crippen LogP) is 2.22. The summed E-state index contributed by atoms with van der Waals surface area (Å²) in [4.78, 5) is 2.20. The van der Waals surface area contributed by atoms with Crippen molar-refractivity contribution < 1.29 is 9.15 Å². The molecule has 0 aromatic carbocycles. The summed E-state index contributed by atoms with van der Waals surface area (Å²) in [6.07, 6.45) is 0.274. The van der Waals surface area contributed by atoms with Gasteiger partial charge < -0.3 is 14.5 Å². The first kappa shape index (κ1) is 13.5. The molecule has 1 aliphatic heterocycles. The highest BCUT2D eigenvalue weighted by Gasteiger charge is 2.16. The number of furan rings is 1. The summed E-state index contributed by atoms with van der Waals surface area (Å²) in [6.45, 7) is 4.37. The van der Waals surface area contributed by atoms with Gasteiger partial charge in [-0.15, -0.1) is 0 Å². The lowest BCUT2D eigenvalue weighted by Crippen LogP contribution is -2.44. The molecule has 0 radical (unpaired) electrons. The van der Waals surface area contributed by atoms with Crippen molar-refractivity contribution >= 4 is 31.9 Å². The second kappa shape index (κ2) is 6.33. The largest absolute Gasteiger partial charge is 0.452 e. The molecule has 96 valence electrons. The van der Waals surface area contributed by atoms with Crippen LogP contribution in [0.1, 0.15) is 5.76 Å². The Hall–Kier alpha value is 0.120. The van der Waals surface area contributed by atoms with Crippen molar-refractivity contribution in [2.75, 3.05) is 33.3 Å². The maximum Gasteiger partial charge on any atom is 0.183 e. The maximum atomic E-state index is 5.66. The number of nitrogens with one attached hydrogen (secondary N) is 1. The number of rotatable bonds is 4. The van der Waals surface area contributed by atoms with Crippen LogP contribution in [0.4, 0.5) is 0 Å². The average Bonchev–Trinajstić information content (AvgIpc) is 2.59. The first-order valence-corrected chi connectivity index (χ1v) is 7.18. The molecule has 1 unspecified atom stereocenters. The summed E-state index contributed by atoms with van der Waals surface area (Å²) in [5.41, 5.74) is 0. The predicted molar refractivity (Wildman–Crippen MR) is 73.1 cm³/mol. The molecule has 0 bridgehead atoms. The van der Waals surface area contributed by atoms with Crippen molar-refractivity contribution in [3.63, 3.8) is 0 Å². The summed E-state index contributed by atoms with van der Waals surface area (Å²) in [5, 5.41) is 3.33. The van der Waals surface area contributed by atoms with Gasteiger partial charge in [0.25, 0.3) is 0 Å². The van der Waals surface area contributed by atoms with E-state index in [1.165, 1.54) is 0 Å². The molecular weight excluding hydrogens is 352 g/mol. The lowest BCUT2D eigenvalue weighted by Gasteiger charge is -2.27. The Morgan fingerprint density at radius 3 is 2.94 bits per heavy atom. The van der Waals surface area contributed by atoms with E-state index < -0.39 is 0 Å². The maximum absolute atomic E-state index is 5.66. The molecule has 0 spiro atoms. The third-order valence-electron chi connectivity index (χ3n) is 2.64. The van der Waals surface area contributed by atoms with E-state index in [9.17, 15) is 0 Å². The summed E-state index contributed by atoms with van der Waals surface area (Å²) < 4.78 is 12.9. The van der Waals surface area contributed by atoms with Crippen LogP contribution in [0.2, 0.25) is 0 Å². The Morgan fingerprint density at radius 1 is 1.53 bits per heavy atom. The van der Waals surface area contributed by atoms with E-state index in [0.717, 1.165) is 47.7 Å². The summed E-state index contributed by atoms with van der Waals surface area (Å²) in [6, 6.07) is 1.99. The lowest BCUT2D eigenvalue weighted by molar-refractivity contribution is 0.00794. The van der Waals surface area contributed by atoms with Gasteiger partial charge in [-0.2, -0.15) is 0 Å². The minimum atomic E-state index is 0.274. The quantitative estimate of drug-likeness (QED) is 0.885. The van der Waals surface area contributed by atoms with Gasteiger partial charge in [-0.3, -0.25) is 4.90 Å². The van der Waals surface area contributed by atoms with Crippen LogP contribution < -0.4 is 5.32 Å². The number of hydrogen-bond acceptors (Lipinski definition) is 4. The van der Waals surface area contributed by atoms with Crippen molar-refractivity contribution in [2.24, 2.45) is 0 Å². The number of likely N-dealkylation sites (N-methyl/N-ethyl adjacent to an activating group) is 1. The van der Waals surface area contributed by atoms with E-state index in [0.29, 0.717) is 0 Å². The number of ether oxygens (including phenoxy) is 1. The molecule has 1 aliphatic rings. The Balaban J connectivity index is 1.81. The highest BCUT2D eigenvalue weighted by molar-refractivity contribution is 9.13. The SMILES string of the molecule is CN(Cc1cc(Br)c(Br)o1)CC1CNCCO1. The second-order valence-electron chi connectivity index (χ2n) is 4.23. The minimum Gasteiger partial charge on any atom is -0.452 e. The summed E-state index contributed by atoms with van der Waals surface area (Å²) in [7, 11) is 2.07. The molecule has 6 heteroatoms. The van der Waals surface area contributed by atoms with Crippen LogP contribution in [0.15, 0.2) is 19.6 Å². The third-order valence-corrected chi connectivity index (χ3v) is 4.35. The van der Waals surface area contributed by atoms with Crippen LogP contribution in [0, 0.1) is 0 Å². The highest BCUT2D eigenvalue weighted by Crippen LogP contribution is 2.27. The molecular formula is C11H16Br2N2O2. The number of halogens is 2. The van der Waals surface area contributed by atoms with Crippen molar-refractivity contribution in [1.82, 2.24) is 10.2 Å². The smallest absolute Gasteiger partial charge is 0.183 e. The van der Waals surface area contributed by atoms with E-state index in [4.69, 9.17) is 9.15 Å². The van der Waals surface area contributed by atoms with Crippen LogP contribution >= 0.6 is 31.9 Å². The van der Waals surface area contributed by atoms with E-state index in [1.54, 1.807) is 0 Å². The van der Waals surface area contributed by atoms with Crippen LogP contribution in [0.25, 0.3) is 0 Å². The zero-order valence-corrected chi connectivity index (χ0v) is 12.9. The van der Waals surface area contributed by atoms with Gasteiger partial charge in [0.05, 0.1) is 23.7 Å². The summed E-state index contributed by atoms with van der Waals surface area (Å²) >= 11 is 6.75. The number of hydrogen-bond donors (Lipinski definition) is 1. The molecule has 1 aromatic heterocycles. The first-order valence-electron chi connectivity index (χ1n) is 5.59. The fourth-order valence-electron chi connectivity index (χ4n) is 1.88. The van der Waals surface area contributed by atoms with Crippen LogP contribution in [-0.2, 0) is 11.3 Å². The number of morpholine rings is 1. The Kier molecular flexibility index (Phi) is 5.05. The lowest BCUT2D eigenvalue weighted by atomic mass is 10.3. The molecule has 0 amide bonds. The fraction of sp³-hybridized carbons (Fsp3) is 0.636. The van der Waals surface area contributed by atoms with Crippen molar-refractivity contribution in [2.45, 2.75) is 12.6 Å². The first-order chi connectivity index (χ1) is 8.15. The topological polar surface area (TPSA) is 37.6 Å². The van der Waals surface area contributed by atoms with Gasteiger partial charge in [0, 0.05) is 19.6 Å². The second-order valence-corrected chi connectivity index (χ2v) is 5.80. The Bertz CT molecular complexity index is 345. The van der Waals surface area contributed by atoms with Gasteiger partial charge in [0.15, 0.2) is 4.67 Å². The molecule has 4 nitrogen and oxygen atoms in total. The van der Waals surface area contributed by atoms with Crippen LogP contribution in [-0.4, -0.2) is 44.3 Å². The molecule has 2 heterocycles. The number of nitrogens with zero attached hydrogens (tertiary/aromatic N) is 1. The molecule has 0 saturated carbocycles. The highest BCUT2D eigenvalue weighted by atomic mass is 79.9. The van der Waals surface area contributed by atoms with Crippen molar-refractivity contribution in [3.8, 4) is 0 Å². The van der Waals surface area contributed by atoms with Crippen LogP contribution in [0.3, 0.4) is 0 Å². The van der Waals surface area contributed by atoms with E-state index in [-0.39, 0.29) is 6.10 Å². The van der Waals surface area contributed by atoms with Crippen LogP contribution in [0.5, 0.6) is 0 Å². The van der Waals surface area contributed by atoms with Crippen molar-refractivity contribution in [3.05, 3.63) is 21.0 Å². The summed E-state index contributed by atoms with van der Waals surface area (Å²) in [5.74, 6) is 0.940. The molecule has 1 atom stereocenters. The molecule has 2 rings (SSSR count). The van der Waals surface area contributed by atoms with Gasteiger partial charge in [-0.1, -0.05) is 0 Å². The van der Waals surface area contributed by atoms with E-state index in [2.05, 4.69) is 49.1 Å². The molecule has 1 saturated heterocycles. The van der Waals surface area contributed by atoms with Gasteiger partial charge in [-0.25, -0.2) is 0 Å². The monoisotopic (exact) mass is 366 g/mol. The third kappa shape index (κ3) is 4.06. The standard InChI is InChI=1S/C11H16Br2N2O2/c1-15(7-9-5-14-2-3-16-9)6-8-4-10(12)11(13)17-8/h4,9,14H,2-3,5-7H2,1H3. The Morgan fingerprint density at radius 2 is 2.35 bits per heavy atom. The molecule has 0 aliphatic carbocycles. The van der Waals surface area contributed by atoms with E-state index in [1.807, 2.05) is 6.07 Å². The van der Waals surface area contributed by atoms with Gasteiger partial charge in [0.2, 0.25) is 0 Å². The average molecular weight is 368 g/mol. The normalized spacial score (nSPS) is 21.1. The minimum absolute atomic E-state index is 0.274. The van der Waals surface area contributed by atoms with E-state index >= 15 is 0 Å². The van der Waals surface area contributed by atoms with Gasteiger partial charge in [-0.05, 0) is 45.0 Å². The zero-order valence-electron chi connectivity index (χ0n) is 9.71. The fourth-order valence-corrected chi connectivity index (χ4v) is 2.54. The molecule has 17 heavy (non-hydrogen) atoms. The zero-order chi connectivity index (χ0) is 12.3. The molecule has 1 aromatic rings. The van der Waals surface area contributed by atoms with Gasteiger partial charge in [0.1, 0.15) is 5.76 Å². The Labute approximate surface area is 118 Å². The van der Waals surface area contributed by atoms with Gasteiger partial charge >= 0.3 is 0 Å². The molecule has 1 fully saturated rings. The van der Waals surface area contributed by atoms with Crippen molar-refractivity contribution in [1.29, 1.82) is 0 Å².